The Hall–Kier alpha value is -1.97. The standard InChI is InChI=1S/C16H15NO2/c18-9-11(10-19)16-12-5-1-3-7-14(12)17-15-8-4-2-6-13(15)16/h1-8,11,18-19H,9-10H2. The zero-order valence-corrected chi connectivity index (χ0v) is 10.5. The fourth-order valence-electron chi connectivity index (χ4n) is 2.55. The van der Waals surface area contributed by atoms with Crippen LogP contribution in [0.1, 0.15) is 11.5 Å². The minimum Gasteiger partial charge on any atom is -0.396 e. The second kappa shape index (κ2) is 4.96. The third kappa shape index (κ3) is 1.97. The summed E-state index contributed by atoms with van der Waals surface area (Å²) in [5, 5.41) is 21.0. The number of hydrogen-bond donors (Lipinski definition) is 2. The molecule has 1 aromatic heterocycles. The van der Waals surface area contributed by atoms with Crippen LogP contribution in [0.5, 0.6) is 0 Å². The highest BCUT2D eigenvalue weighted by atomic mass is 16.3. The van der Waals surface area contributed by atoms with Crippen LogP contribution in [0, 0.1) is 0 Å². The highest BCUT2D eigenvalue weighted by molar-refractivity contribution is 5.97. The lowest BCUT2D eigenvalue weighted by Gasteiger charge is -2.17. The first-order valence-corrected chi connectivity index (χ1v) is 6.34. The molecular weight excluding hydrogens is 238 g/mol. The molecule has 0 radical (unpaired) electrons. The molecule has 0 saturated carbocycles. The SMILES string of the molecule is OCC(CO)c1c2ccccc2nc2ccccc12. The molecule has 0 amide bonds. The number of rotatable bonds is 3. The molecule has 3 heteroatoms. The predicted octanol–water partition coefficient (Wildman–Crippen LogP) is 2.46. The number of fused-ring (bicyclic) bond motifs is 2. The Labute approximate surface area is 111 Å². The maximum atomic E-state index is 9.52. The van der Waals surface area contributed by atoms with E-state index >= 15 is 0 Å². The van der Waals surface area contributed by atoms with Crippen molar-refractivity contribution >= 4 is 21.8 Å². The van der Waals surface area contributed by atoms with Gasteiger partial charge in [-0.3, -0.25) is 0 Å². The van der Waals surface area contributed by atoms with E-state index in [0.717, 1.165) is 27.4 Å². The van der Waals surface area contributed by atoms with Crippen molar-refractivity contribution in [3.05, 3.63) is 54.1 Å². The van der Waals surface area contributed by atoms with Gasteiger partial charge in [0, 0.05) is 16.7 Å². The fraction of sp³-hybridized carbons (Fsp3) is 0.188. The lowest BCUT2D eigenvalue weighted by molar-refractivity contribution is 0.194. The Bertz CT molecular complexity index is 666. The number of aliphatic hydroxyl groups excluding tert-OH is 2. The molecular formula is C16H15NO2. The van der Waals surface area contributed by atoms with Crippen LogP contribution in [-0.2, 0) is 0 Å². The van der Waals surface area contributed by atoms with E-state index in [1.807, 2.05) is 48.5 Å². The normalized spacial score (nSPS) is 11.5. The molecule has 0 fully saturated rings. The maximum Gasteiger partial charge on any atom is 0.0712 e. The molecule has 0 bridgehead atoms. The van der Waals surface area contributed by atoms with Gasteiger partial charge in [-0.15, -0.1) is 0 Å². The molecule has 0 unspecified atom stereocenters. The molecule has 3 rings (SSSR count). The van der Waals surface area contributed by atoms with E-state index in [2.05, 4.69) is 4.98 Å². The first-order chi connectivity index (χ1) is 9.35. The third-order valence-corrected chi connectivity index (χ3v) is 3.48. The summed E-state index contributed by atoms with van der Waals surface area (Å²) in [6.07, 6.45) is 0. The van der Waals surface area contributed by atoms with Gasteiger partial charge < -0.3 is 10.2 Å². The smallest absolute Gasteiger partial charge is 0.0712 e. The van der Waals surface area contributed by atoms with Crippen molar-refractivity contribution < 1.29 is 10.2 Å². The summed E-state index contributed by atoms with van der Waals surface area (Å²) in [7, 11) is 0. The molecule has 1 heterocycles. The molecule has 2 N–H and O–H groups in total. The molecule has 0 atom stereocenters. The van der Waals surface area contributed by atoms with E-state index in [1.165, 1.54) is 0 Å². The van der Waals surface area contributed by atoms with Gasteiger partial charge >= 0.3 is 0 Å². The minimum atomic E-state index is -0.280. The molecule has 0 aliphatic rings. The summed E-state index contributed by atoms with van der Waals surface area (Å²) in [5.41, 5.74) is 2.76. The Morgan fingerprint density at radius 1 is 0.789 bits per heavy atom. The molecule has 0 aliphatic carbocycles. The van der Waals surface area contributed by atoms with Crippen molar-refractivity contribution in [2.45, 2.75) is 5.92 Å². The summed E-state index contributed by atoms with van der Waals surface area (Å²) < 4.78 is 0. The molecule has 0 spiro atoms. The van der Waals surface area contributed by atoms with Gasteiger partial charge in [0.25, 0.3) is 0 Å². The molecule has 3 nitrogen and oxygen atoms in total. The van der Waals surface area contributed by atoms with Gasteiger partial charge in [-0.25, -0.2) is 4.98 Å². The first-order valence-electron chi connectivity index (χ1n) is 6.34. The lowest BCUT2D eigenvalue weighted by atomic mass is 9.92. The van der Waals surface area contributed by atoms with Crippen LogP contribution in [0.2, 0.25) is 0 Å². The van der Waals surface area contributed by atoms with Crippen molar-refractivity contribution in [3.8, 4) is 0 Å². The van der Waals surface area contributed by atoms with Crippen LogP contribution in [0.25, 0.3) is 21.8 Å². The zero-order valence-electron chi connectivity index (χ0n) is 10.5. The van der Waals surface area contributed by atoms with Crippen molar-refractivity contribution in [2.75, 3.05) is 13.2 Å². The second-order valence-corrected chi connectivity index (χ2v) is 4.62. The maximum absolute atomic E-state index is 9.52. The Kier molecular flexibility index (Phi) is 3.15. The molecule has 19 heavy (non-hydrogen) atoms. The van der Waals surface area contributed by atoms with Gasteiger partial charge in [0.1, 0.15) is 0 Å². The number of para-hydroxylation sites is 2. The number of hydrogen-bond acceptors (Lipinski definition) is 3. The molecule has 2 aromatic carbocycles. The topological polar surface area (TPSA) is 53.4 Å². The van der Waals surface area contributed by atoms with E-state index in [-0.39, 0.29) is 19.1 Å². The van der Waals surface area contributed by atoms with Crippen LogP contribution in [0.3, 0.4) is 0 Å². The highest BCUT2D eigenvalue weighted by Crippen LogP contribution is 2.31. The number of nitrogens with zero attached hydrogens (tertiary/aromatic N) is 1. The molecule has 0 aliphatic heterocycles. The van der Waals surface area contributed by atoms with Crippen LogP contribution in [0.4, 0.5) is 0 Å². The summed E-state index contributed by atoms with van der Waals surface area (Å²) in [6, 6.07) is 15.7. The van der Waals surface area contributed by atoms with Crippen molar-refractivity contribution in [3.63, 3.8) is 0 Å². The third-order valence-electron chi connectivity index (χ3n) is 3.48. The lowest BCUT2D eigenvalue weighted by Crippen LogP contribution is -2.10. The largest absolute Gasteiger partial charge is 0.396 e. The number of aromatic nitrogens is 1. The van der Waals surface area contributed by atoms with E-state index in [9.17, 15) is 10.2 Å². The van der Waals surface area contributed by atoms with Gasteiger partial charge in [0.05, 0.1) is 24.2 Å². The predicted molar refractivity (Wildman–Crippen MR) is 76.2 cm³/mol. The number of pyridine rings is 1. The summed E-state index contributed by atoms with van der Waals surface area (Å²) in [5.74, 6) is -0.280. The van der Waals surface area contributed by atoms with Gasteiger partial charge in [0.2, 0.25) is 0 Å². The summed E-state index contributed by atoms with van der Waals surface area (Å²) >= 11 is 0. The van der Waals surface area contributed by atoms with Crippen LogP contribution in [-0.4, -0.2) is 28.4 Å². The summed E-state index contributed by atoms with van der Waals surface area (Å²) in [4.78, 5) is 4.63. The van der Waals surface area contributed by atoms with Crippen molar-refractivity contribution in [1.82, 2.24) is 4.98 Å². The van der Waals surface area contributed by atoms with Crippen LogP contribution < -0.4 is 0 Å². The molecule has 0 saturated heterocycles. The summed E-state index contributed by atoms with van der Waals surface area (Å²) in [6.45, 7) is -0.150. The zero-order chi connectivity index (χ0) is 13.2. The van der Waals surface area contributed by atoms with Gasteiger partial charge in [0.15, 0.2) is 0 Å². The van der Waals surface area contributed by atoms with E-state index in [1.54, 1.807) is 0 Å². The van der Waals surface area contributed by atoms with Gasteiger partial charge in [-0.05, 0) is 17.7 Å². The van der Waals surface area contributed by atoms with E-state index in [4.69, 9.17) is 0 Å². The van der Waals surface area contributed by atoms with Crippen LogP contribution >= 0.6 is 0 Å². The second-order valence-electron chi connectivity index (χ2n) is 4.62. The first kappa shape index (κ1) is 12.1. The molecule has 96 valence electrons. The number of aliphatic hydroxyl groups is 2. The average molecular weight is 253 g/mol. The van der Waals surface area contributed by atoms with Crippen molar-refractivity contribution in [2.24, 2.45) is 0 Å². The minimum absolute atomic E-state index is 0.0749. The Morgan fingerprint density at radius 2 is 1.26 bits per heavy atom. The quantitative estimate of drug-likeness (QED) is 0.705. The van der Waals surface area contributed by atoms with Crippen LogP contribution in [0.15, 0.2) is 48.5 Å². The van der Waals surface area contributed by atoms with Crippen molar-refractivity contribution in [1.29, 1.82) is 0 Å². The monoisotopic (exact) mass is 253 g/mol. The number of benzene rings is 2. The van der Waals surface area contributed by atoms with E-state index in [0.29, 0.717) is 0 Å². The van der Waals surface area contributed by atoms with E-state index < -0.39 is 0 Å². The Balaban J connectivity index is 2.45. The fourth-order valence-corrected chi connectivity index (χ4v) is 2.55. The average Bonchev–Trinajstić information content (AvgIpc) is 2.47. The van der Waals surface area contributed by atoms with Gasteiger partial charge in [-0.2, -0.15) is 0 Å². The highest BCUT2D eigenvalue weighted by Gasteiger charge is 2.17. The Morgan fingerprint density at radius 3 is 1.74 bits per heavy atom. The van der Waals surface area contributed by atoms with Gasteiger partial charge in [-0.1, -0.05) is 36.4 Å². The molecule has 3 aromatic rings.